The molecule has 0 radical (unpaired) electrons. The van der Waals surface area contributed by atoms with Crippen LogP contribution in [0.2, 0.25) is 10.0 Å². The minimum absolute atomic E-state index is 0.0507. The lowest BCUT2D eigenvalue weighted by Gasteiger charge is -2.15. The summed E-state index contributed by atoms with van der Waals surface area (Å²) in [4.78, 5) is 11.7. The number of aliphatic hydroxyl groups is 1. The van der Waals surface area contributed by atoms with E-state index in [-0.39, 0.29) is 36.9 Å². The van der Waals surface area contributed by atoms with E-state index in [1.807, 2.05) is 0 Å². The summed E-state index contributed by atoms with van der Waals surface area (Å²) >= 11 is 12.1. The number of hydrogen-bond acceptors (Lipinski definition) is 7. The minimum Gasteiger partial charge on any atom is -0.456 e. The molecule has 5 rings (SSSR count). The summed E-state index contributed by atoms with van der Waals surface area (Å²) in [5.41, 5.74) is 1.35. The number of benzene rings is 1. The highest BCUT2D eigenvalue weighted by Crippen LogP contribution is 2.31. The predicted molar refractivity (Wildman–Crippen MR) is 108 cm³/mol. The van der Waals surface area contributed by atoms with E-state index in [0.717, 1.165) is 0 Å². The first-order valence-corrected chi connectivity index (χ1v) is 10.1. The maximum atomic E-state index is 14.1. The van der Waals surface area contributed by atoms with Gasteiger partial charge in [-0.3, -0.25) is 0 Å². The summed E-state index contributed by atoms with van der Waals surface area (Å²) in [6, 6.07) is 6.68. The van der Waals surface area contributed by atoms with Gasteiger partial charge in [0.05, 0.1) is 28.8 Å². The van der Waals surface area contributed by atoms with Crippen molar-refractivity contribution in [3.8, 4) is 6.01 Å². The molecule has 3 aromatic rings. The highest BCUT2D eigenvalue weighted by molar-refractivity contribution is 6.33. The molecule has 11 heteroatoms. The van der Waals surface area contributed by atoms with E-state index in [1.54, 1.807) is 18.2 Å². The number of imidazole rings is 1. The van der Waals surface area contributed by atoms with Gasteiger partial charge < -0.3 is 29.6 Å². The predicted octanol–water partition coefficient (Wildman–Crippen LogP) is 2.92. The Balaban J connectivity index is 1.32. The second-order valence-corrected chi connectivity index (χ2v) is 7.93. The highest BCUT2D eigenvalue weighted by atomic mass is 35.5. The molecule has 2 aromatic heterocycles. The largest absolute Gasteiger partial charge is 0.456 e. The lowest BCUT2D eigenvalue weighted by atomic mass is 10.1. The van der Waals surface area contributed by atoms with Gasteiger partial charge in [0.2, 0.25) is 0 Å². The van der Waals surface area contributed by atoms with E-state index in [2.05, 4.69) is 20.3 Å². The van der Waals surface area contributed by atoms with Crippen LogP contribution in [0, 0.1) is 5.82 Å². The molecule has 30 heavy (non-hydrogen) atoms. The Morgan fingerprint density at radius 3 is 2.90 bits per heavy atom. The number of H-pyrrole nitrogens is 1. The molecule has 2 aliphatic rings. The number of pyridine rings is 1. The normalized spacial score (nSPS) is 25.6. The molecule has 4 heterocycles. The molecular formula is C19H17Cl2FN4O4. The third kappa shape index (κ3) is 3.57. The molecule has 0 saturated carbocycles. The number of halogens is 3. The van der Waals surface area contributed by atoms with Gasteiger partial charge in [-0.2, -0.15) is 4.98 Å². The van der Waals surface area contributed by atoms with Crippen LogP contribution in [0.1, 0.15) is 5.56 Å². The zero-order valence-corrected chi connectivity index (χ0v) is 17.0. The molecule has 2 fully saturated rings. The van der Waals surface area contributed by atoms with Crippen molar-refractivity contribution in [2.75, 3.05) is 18.5 Å². The first-order valence-electron chi connectivity index (χ1n) is 9.30. The molecule has 8 nitrogen and oxygen atoms in total. The Morgan fingerprint density at radius 1 is 1.20 bits per heavy atom. The van der Waals surface area contributed by atoms with E-state index in [9.17, 15) is 9.50 Å². The number of fused-ring (bicyclic) bond motifs is 2. The molecule has 0 bridgehead atoms. The second-order valence-electron chi connectivity index (χ2n) is 7.12. The van der Waals surface area contributed by atoms with Crippen LogP contribution in [0.3, 0.4) is 0 Å². The lowest BCUT2D eigenvalue weighted by molar-refractivity contribution is 0.00706. The zero-order chi connectivity index (χ0) is 20.8. The van der Waals surface area contributed by atoms with Crippen molar-refractivity contribution in [3.05, 3.63) is 45.7 Å². The van der Waals surface area contributed by atoms with E-state index in [4.69, 9.17) is 37.4 Å². The Labute approximate surface area is 180 Å². The quantitative estimate of drug-likeness (QED) is 0.544. The lowest BCUT2D eigenvalue weighted by Crippen LogP contribution is -2.34. The Hall–Kier alpha value is -2.17. The van der Waals surface area contributed by atoms with E-state index < -0.39 is 24.1 Å². The topological polar surface area (TPSA) is 102 Å². The number of aromatic nitrogens is 3. The van der Waals surface area contributed by atoms with Crippen molar-refractivity contribution in [2.45, 2.75) is 31.0 Å². The average Bonchev–Trinajstić information content (AvgIpc) is 3.40. The fraction of sp³-hybridized carbons (Fsp3) is 0.368. The van der Waals surface area contributed by atoms with Crippen LogP contribution < -0.4 is 10.1 Å². The van der Waals surface area contributed by atoms with Crippen molar-refractivity contribution in [3.63, 3.8) is 0 Å². The number of anilines is 1. The van der Waals surface area contributed by atoms with Crippen molar-refractivity contribution < 1.29 is 23.7 Å². The average molecular weight is 455 g/mol. The first-order chi connectivity index (χ1) is 14.5. The molecule has 0 amide bonds. The molecule has 0 aliphatic carbocycles. The standard InChI is InChI=1S/C19H17Cl2FN4O4/c20-9-3-1-2-8(14(9)22)5-23-17-10(21)4-11-18(25-17)26-19(24-11)30-13-7-29-15-12(27)6-28-16(13)15/h1-4,12-13,15-16,27H,5-7H2,(H2,23,24,25,26)/t12-,13-,15-,16?/m1/s1. The first kappa shape index (κ1) is 19.8. The van der Waals surface area contributed by atoms with Gasteiger partial charge in [-0.25, -0.2) is 9.37 Å². The zero-order valence-electron chi connectivity index (χ0n) is 15.4. The summed E-state index contributed by atoms with van der Waals surface area (Å²) in [6.45, 7) is 0.658. The van der Waals surface area contributed by atoms with Crippen LogP contribution in [0.5, 0.6) is 6.01 Å². The Morgan fingerprint density at radius 2 is 2.03 bits per heavy atom. The van der Waals surface area contributed by atoms with Crippen LogP contribution >= 0.6 is 23.2 Å². The van der Waals surface area contributed by atoms with Gasteiger partial charge in [-0.1, -0.05) is 35.3 Å². The molecule has 1 unspecified atom stereocenters. The Kier molecular flexibility index (Phi) is 5.16. The van der Waals surface area contributed by atoms with Gasteiger partial charge in [-0.15, -0.1) is 0 Å². The number of ether oxygens (including phenoxy) is 3. The van der Waals surface area contributed by atoms with Gasteiger partial charge in [0.15, 0.2) is 11.8 Å². The molecule has 1 aromatic carbocycles. The smallest absolute Gasteiger partial charge is 0.296 e. The summed E-state index contributed by atoms with van der Waals surface area (Å²) in [7, 11) is 0. The van der Waals surface area contributed by atoms with Gasteiger partial charge >= 0.3 is 0 Å². The van der Waals surface area contributed by atoms with Crippen LogP contribution in [-0.4, -0.2) is 57.7 Å². The van der Waals surface area contributed by atoms with Crippen LogP contribution in [-0.2, 0) is 16.0 Å². The maximum Gasteiger partial charge on any atom is 0.296 e. The van der Waals surface area contributed by atoms with Crippen LogP contribution in [0.25, 0.3) is 11.2 Å². The molecule has 2 aliphatic heterocycles. The second kappa shape index (κ2) is 7.82. The Bertz CT molecular complexity index is 1100. The van der Waals surface area contributed by atoms with Crippen molar-refractivity contribution >= 4 is 40.2 Å². The molecule has 0 spiro atoms. The summed E-state index contributed by atoms with van der Waals surface area (Å²) in [5, 5.41) is 13.2. The number of aliphatic hydroxyl groups excluding tert-OH is 1. The van der Waals surface area contributed by atoms with E-state index in [1.165, 1.54) is 6.07 Å². The molecule has 3 N–H and O–H groups in total. The summed E-state index contributed by atoms with van der Waals surface area (Å²) in [5.74, 6) is -0.135. The number of hydrogen-bond donors (Lipinski definition) is 3. The third-order valence-corrected chi connectivity index (χ3v) is 5.71. The van der Waals surface area contributed by atoms with Gasteiger partial charge in [0, 0.05) is 12.1 Å². The summed E-state index contributed by atoms with van der Waals surface area (Å²) < 4.78 is 31.0. The van der Waals surface area contributed by atoms with Crippen molar-refractivity contribution in [1.29, 1.82) is 0 Å². The number of nitrogens with one attached hydrogen (secondary N) is 2. The molecular weight excluding hydrogens is 438 g/mol. The van der Waals surface area contributed by atoms with E-state index in [0.29, 0.717) is 27.6 Å². The van der Waals surface area contributed by atoms with Crippen molar-refractivity contribution in [2.24, 2.45) is 0 Å². The van der Waals surface area contributed by atoms with Gasteiger partial charge in [-0.05, 0) is 12.1 Å². The third-order valence-electron chi connectivity index (χ3n) is 5.13. The van der Waals surface area contributed by atoms with E-state index >= 15 is 0 Å². The highest BCUT2D eigenvalue weighted by Gasteiger charge is 2.48. The van der Waals surface area contributed by atoms with Crippen LogP contribution in [0.15, 0.2) is 24.3 Å². The molecule has 2 saturated heterocycles. The van der Waals surface area contributed by atoms with Crippen molar-refractivity contribution in [1.82, 2.24) is 15.0 Å². The monoisotopic (exact) mass is 454 g/mol. The fourth-order valence-corrected chi connectivity index (χ4v) is 4.04. The SMILES string of the molecule is O[C@@H]1COC2[C@H](Oc3nc4nc(NCc5cccc(Cl)c5F)c(Cl)cc4[nH]3)CO[C@@H]21. The molecule has 4 atom stereocenters. The summed E-state index contributed by atoms with van der Waals surface area (Å²) in [6.07, 6.45) is -1.80. The van der Waals surface area contributed by atoms with Gasteiger partial charge in [0.25, 0.3) is 6.01 Å². The number of aromatic amines is 1. The van der Waals surface area contributed by atoms with Crippen LogP contribution in [0.4, 0.5) is 10.2 Å². The maximum absolute atomic E-state index is 14.1. The number of nitrogens with zero attached hydrogens (tertiary/aromatic N) is 2. The molecule has 158 valence electrons. The fourth-order valence-electron chi connectivity index (χ4n) is 3.63. The number of rotatable bonds is 5. The van der Waals surface area contributed by atoms with Gasteiger partial charge in [0.1, 0.15) is 29.9 Å². The minimum atomic E-state index is -0.655.